The molecule has 1 heterocycles. The lowest BCUT2D eigenvalue weighted by Gasteiger charge is -2.23. The van der Waals surface area contributed by atoms with Crippen molar-refractivity contribution in [3.05, 3.63) is 29.6 Å². The van der Waals surface area contributed by atoms with Crippen molar-refractivity contribution in [2.75, 3.05) is 7.05 Å². The third-order valence-electron chi connectivity index (χ3n) is 3.63. The second-order valence-electron chi connectivity index (χ2n) is 5.25. The molecule has 0 aliphatic heterocycles. The van der Waals surface area contributed by atoms with Crippen molar-refractivity contribution in [1.29, 1.82) is 0 Å². The number of carbonyl (C=O) groups excluding carboxylic acids is 1. The Bertz CT molecular complexity index is 628. The number of benzene rings is 1. The molecule has 0 radical (unpaired) electrons. The van der Waals surface area contributed by atoms with Crippen LogP contribution in [0.3, 0.4) is 0 Å². The van der Waals surface area contributed by atoms with Gasteiger partial charge in [0.05, 0.1) is 16.4 Å². The largest absolute Gasteiger partial charge is 0.331 e. The summed E-state index contributed by atoms with van der Waals surface area (Å²) in [5, 5.41) is 0. The van der Waals surface area contributed by atoms with Gasteiger partial charge in [0.25, 0.3) is 0 Å². The van der Waals surface area contributed by atoms with Crippen LogP contribution in [0.15, 0.2) is 18.2 Å². The molecule has 0 fully saturated rings. The first-order chi connectivity index (χ1) is 8.87. The first-order valence-electron chi connectivity index (χ1n) is 6.28. The highest BCUT2D eigenvalue weighted by Gasteiger charge is 2.30. The lowest BCUT2D eigenvalue weighted by molar-refractivity contribution is -0.126. The van der Waals surface area contributed by atoms with E-state index in [1.165, 1.54) is 0 Å². The van der Waals surface area contributed by atoms with Crippen LogP contribution >= 0.6 is 0 Å². The zero-order valence-electron chi connectivity index (χ0n) is 12.0. The highest BCUT2D eigenvalue weighted by atomic mass is 16.2. The summed E-state index contributed by atoms with van der Waals surface area (Å²) in [5.74, 6) is 0.895. The number of rotatable bonds is 3. The molecule has 1 aromatic heterocycles. The minimum Gasteiger partial charge on any atom is -0.331 e. The Balaban J connectivity index is 2.48. The second-order valence-corrected chi connectivity index (χ2v) is 5.25. The van der Waals surface area contributed by atoms with Crippen molar-refractivity contribution in [1.82, 2.24) is 20.4 Å². The molecule has 5 nitrogen and oxygen atoms in total. The summed E-state index contributed by atoms with van der Waals surface area (Å²) in [6.07, 6.45) is 0. The van der Waals surface area contributed by atoms with Gasteiger partial charge in [0.2, 0.25) is 5.91 Å². The SMILES string of the molecule is CNNC(=O)C(C)(C)c1ccc2c(c1)nc(C)n2C. The third kappa shape index (κ3) is 2.21. The van der Waals surface area contributed by atoms with Crippen molar-refractivity contribution in [3.63, 3.8) is 0 Å². The Kier molecular flexibility index (Phi) is 3.32. The molecular formula is C14H20N4O. The fourth-order valence-corrected chi connectivity index (χ4v) is 2.11. The van der Waals surface area contributed by atoms with E-state index in [4.69, 9.17) is 0 Å². The summed E-state index contributed by atoms with van der Waals surface area (Å²) in [6, 6.07) is 5.98. The Morgan fingerprint density at radius 1 is 1.37 bits per heavy atom. The van der Waals surface area contributed by atoms with Gasteiger partial charge in [-0.1, -0.05) is 6.07 Å². The average Bonchev–Trinajstić information content (AvgIpc) is 2.65. The molecule has 0 unspecified atom stereocenters. The molecule has 19 heavy (non-hydrogen) atoms. The van der Waals surface area contributed by atoms with Gasteiger partial charge in [0.1, 0.15) is 5.82 Å². The van der Waals surface area contributed by atoms with E-state index in [-0.39, 0.29) is 5.91 Å². The zero-order chi connectivity index (χ0) is 14.2. The number of nitrogens with one attached hydrogen (secondary N) is 2. The Labute approximate surface area is 113 Å². The van der Waals surface area contributed by atoms with Crippen LogP contribution in [0, 0.1) is 6.92 Å². The maximum Gasteiger partial charge on any atom is 0.244 e. The normalized spacial score (nSPS) is 11.8. The number of fused-ring (bicyclic) bond motifs is 1. The molecule has 2 aromatic rings. The number of aromatic nitrogens is 2. The Morgan fingerprint density at radius 2 is 2.05 bits per heavy atom. The molecule has 1 aromatic carbocycles. The predicted octanol–water partition coefficient (Wildman–Crippen LogP) is 1.41. The number of amides is 1. The van der Waals surface area contributed by atoms with E-state index < -0.39 is 5.41 Å². The number of aryl methyl sites for hydroxylation is 2. The van der Waals surface area contributed by atoms with Gasteiger partial charge in [-0.05, 0) is 38.5 Å². The molecule has 0 spiro atoms. The predicted molar refractivity (Wildman–Crippen MR) is 75.7 cm³/mol. The fraction of sp³-hybridized carbons (Fsp3) is 0.429. The van der Waals surface area contributed by atoms with Gasteiger partial charge < -0.3 is 4.57 Å². The number of imidazole rings is 1. The summed E-state index contributed by atoms with van der Waals surface area (Å²) in [6.45, 7) is 5.77. The van der Waals surface area contributed by atoms with E-state index in [0.717, 1.165) is 22.4 Å². The smallest absolute Gasteiger partial charge is 0.244 e. The van der Waals surface area contributed by atoms with E-state index in [2.05, 4.69) is 15.8 Å². The molecule has 2 N–H and O–H groups in total. The standard InChI is InChI=1S/C14H20N4O/c1-9-16-11-8-10(6-7-12(11)18(9)5)14(2,3)13(19)17-15-4/h6-8,15H,1-5H3,(H,17,19). The van der Waals surface area contributed by atoms with Gasteiger partial charge in [-0.25, -0.2) is 10.4 Å². The fourth-order valence-electron chi connectivity index (χ4n) is 2.11. The highest BCUT2D eigenvalue weighted by molar-refractivity contribution is 5.88. The summed E-state index contributed by atoms with van der Waals surface area (Å²) in [7, 11) is 3.67. The molecule has 0 aliphatic carbocycles. The number of hydrogen-bond donors (Lipinski definition) is 2. The van der Waals surface area contributed by atoms with Crippen LogP contribution in [0.25, 0.3) is 11.0 Å². The van der Waals surface area contributed by atoms with Gasteiger partial charge in [-0.2, -0.15) is 0 Å². The van der Waals surface area contributed by atoms with Gasteiger partial charge in [-0.3, -0.25) is 10.2 Å². The van der Waals surface area contributed by atoms with Crippen LogP contribution in [0.4, 0.5) is 0 Å². The number of nitrogens with zero attached hydrogens (tertiary/aromatic N) is 2. The minimum absolute atomic E-state index is 0.0676. The number of carbonyl (C=O) groups is 1. The molecule has 5 heteroatoms. The molecule has 2 rings (SSSR count). The zero-order valence-corrected chi connectivity index (χ0v) is 12.0. The quantitative estimate of drug-likeness (QED) is 0.820. The van der Waals surface area contributed by atoms with Crippen molar-refractivity contribution in [2.45, 2.75) is 26.2 Å². The molecular weight excluding hydrogens is 240 g/mol. The average molecular weight is 260 g/mol. The lowest BCUT2D eigenvalue weighted by Crippen LogP contribution is -2.45. The van der Waals surface area contributed by atoms with E-state index in [1.54, 1.807) is 7.05 Å². The Hall–Kier alpha value is -1.88. The Morgan fingerprint density at radius 3 is 2.68 bits per heavy atom. The van der Waals surface area contributed by atoms with Gasteiger partial charge in [-0.15, -0.1) is 0 Å². The van der Waals surface area contributed by atoms with Crippen molar-refractivity contribution in [3.8, 4) is 0 Å². The maximum atomic E-state index is 12.1. The van der Waals surface area contributed by atoms with Gasteiger partial charge in [0.15, 0.2) is 0 Å². The molecule has 1 amide bonds. The van der Waals surface area contributed by atoms with Crippen LogP contribution in [0.5, 0.6) is 0 Å². The lowest BCUT2D eigenvalue weighted by atomic mass is 9.84. The molecule has 0 saturated carbocycles. The van der Waals surface area contributed by atoms with Crippen molar-refractivity contribution < 1.29 is 4.79 Å². The first kappa shape index (κ1) is 13.5. The molecule has 0 aliphatic rings. The number of hydrogen-bond acceptors (Lipinski definition) is 3. The third-order valence-corrected chi connectivity index (χ3v) is 3.63. The summed E-state index contributed by atoms with van der Waals surface area (Å²) < 4.78 is 2.04. The minimum atomic E-state index is -0.609. The van der Waals surface area contributed by atoms with Crippen molar-refractivity contribution in [2.24, 2.45) is 7.05 Å². The van der Waals surface area contributed by atoms with Crippen LogP contribution < -0.4 is 10.9 Å². The summed E-state index contributed by atoms with van der Waals surface area (Å²) in [4.78, 5) is 16.6. The van der Waals surface area contributed by atoms with E-state index >= 15 is 0 Å². The van der Waals surface area contributed by atoms with Gasteiger partial charge >= 0.3 is 0 Å². The van der Waals surface area contributed by atoms with E-state index in [0.29, 0.717) is 0 Å². The van der Waals surface area contributed by atoms with E-state index in [9.17, 15) is 4.79 Å². The van der Waals surface area contributed by atoms with E-state index in [1.807, 2.05) is 50.6 Å². The van der Waals surface area contributed by atoms with Crippen LogP contribution in [0.2, 0.25) is 0 Å². The van der Waals surface area contributed by atoms with Crippen LogP contribution in [-0.4, -0.2) is 22.5 Å². The monoisotopic (exact) mass is 260 g/mol. The summed E-state index contributed by atoms with van der Waals surface area (Å²) >= 11 is 0. The second kappa shape index (κ2) is 4.66. The van der Waals surface area contributed by atoms with Crippen LogP contribution in [0.1, 0.15) is 25.2 Å². The molecule has 0 atom stereocenters. The van der Waals surface area contributed by atoms with Crippen LogP contribution in [-0.2, 0) is 17.3 Å². The maximum absolute atomic E-state index is 12.1. The molecule has 102 valence electrons. The summed E-state index contributed by atoms with van der Waals surface area (Å²) in [5.41, 5.74) is 7.64. The topological polar surface area (TPSA) is 58.9 Å². The van der Waals surface area contributed by atoms with Crippen molar-refractivity contribution >= 4 is 16.9 Å². The van der Waals surface area contributed by atoms with Gasteiger partial charge in [0, 0.05) is 14.1 Å². The molecule has 0 bridgehead atoms. The first-order valence-corrected chi connectivity index (χ1v) is 6.28. The molecule has 0 saturated heterocycles. The number of hydrazine groups is 1. The highest BCUT2D eigenvalue weighted by Crippen LogP contribution is 2.26.